The molecule has 0 aliphatic heterocycles. The topological polar surface area (TPSA) is 9.23 Å². The Bertz CT molecular complexity index is 414. The maximum absolute atomic E-state index is 5.59. The van der Waals surface area contributed by atoms with Gasteiger partial charge in [0.15, 0.2) is 0 Å². The van der Waals surface area contributed by atoms with Crippen LogP contribution in [0.5, 0.6) is 5.75 Å². The number of rotatable bonds is 3. The Morgan fingerprint density at radius 2 is 1.76 bits per heavy atom. The standard InChI is InChI=1S/C14H13O.BrH.Mg/c1-12-7-9-14(10-8-12)15-11-13-5-3-2-4-6-13;;/h2-9H,11H2,1H3;1H;/q-1;;+2/p-1. The monoisotopic (exact) mass is 300 g/mol. The second-order valence-corrected chi connectivity index (χ2v) is 3.50. The molecule has 0 spiro atoms. The molecule has 0 atom stereocenters. The summed E-state index contributed by atoms with van der Waals surface area (Å²) < 4.78 is 5.59. The first-order chi connectivity index (χ1) is 7.34. The molecule has 0 radical (unpaired) electrons. The van der Waals surface area contributed by atoms with Crippen LogP contribution in [0.2, 0.25) is 0 Å². The van der Waals surface area contributed by atoms with Crippen molar-refractivity contribution in [2.75, 3.05) is 0 Å². The van der Waals surface area contributed by atoms with Crippen LogP contribution in [-0.4, -0.2) is 23.1 Å². The van der Waals surface area contributed by atoms with Gasteiger partial charge >= 0.3 is 23.1 Å². The second-order valence-electron chi connectivity index (χ2n) is 3.50. The second kappa shape index (κ2) is 8.56. The average Bonchev–Trinajstić information content (AvgIpc) is 2.30. The van der Waals surface area contributed by atoms with Crippen molar-refractivity contribution >= 4 is 23.1 Å². The van der Waals surface area contributed by atoms with Crippen molar-refractivity contribution in [3.8, 4) is 5.75 Å². The number of ether oxygens (including phenoxy) is 1. The van der Waals surface area contributed by atoms with Gasteiger partial charge in [0.1, 0.15) is 6.61 Å². The van der Waals surface area contributed by atoms with Crippen molar-refractivity contribution in [2.24, 2.45) is 0 Å². The van der Waals surface area contributed by atoms with E-state index in [0.29, 0.717) is 6.61 Å². The molecule has 0 aliphatic carbocycles. The maximum Gasteiger partial charge on any atom is 2.00 e. The third-order valence-corrected chi connectivity index (χ3v) is 2.18. The van der Waals surface area contributed by atoms with Gasteiger partial charge < -0.3 is 21.7 Å². The molecule has 1 nitrogen and oxygen atoms in total. The van der Waals surface area contributed by atoms with Gasteiger partial charge in [-0.1, -0.05) is 37.3 Å². The van der Waals surface area contributed by atoms with E-state index in [-0.39, 0.29) is 40.0 Å². The number of aryl methyl sites for hydroxylation is 1. The summed E-state index contributed by atoms with van der Waals surface area (Å²) in [5.74, 6) is 0.796. The van der Waals surface area contributed by atoms with Crippen LogP contribution >= 0.6 is 0 Å². The Hall–Kier alpha value is -0.514. The van der Waals surface area contributed by atoms with Crippen molar-refractivity contribution in [2.45, 2.75) is 13.5 Å². The number of halogens is 1. The van der Waals surface area contributed by atoms with Gasteiger partial charge in [0, 0.05) is 5.75 Å². The third-order valence-electron chi connectivity index (χ3n) is 2.18. The van der Waals surface area contributed by atoms with Crippen LogP contribution in [0, 0.1) is 13.0 Å². The summed E-state index contributed by atoms with van der Waals surface area (Å²) in [6.07, 6.45) is 0. The SMILES string of the molecule is Cc1c[c-]c(OCc2ccccc2)cc1.[Br-].[Mg+2]. The summed E-state index contributed by atoms with van der Waals surface area (Å²) in [4.78, 5) is 0. The minimum Gasteiger partial charge on any atom is -1.00 e. The van der Waals surface area contributed by atoms with Crippen molar-refractivity contribution in [3.63, 3.8) is 0 Å². The summed E-state index contributed by atoms with van der Waals surface area (Å²) in [7, 11) is 0. The first-order valence-electron chi connectivity index (χ1n) is 5.00. The normalized spacial score (nSPS) is 8.76. The maximum atomic E-state index is 5.59. The molecule has 2 aromatic rings. The first kappa shape index (κ1) is 16.5. The van der Waals surface area contributed by atoms with Crippen LogP contribution in [0.15, 0.2) is 48.5 Å². The van der Waals surface area contributed by atoms with Gasteiger partial charge in [-0.25, -0.2) is 0 Å². The van der Waals surface area contributed by atoms with E-state index in [0.717, 1.165) is 5.75 Å². The number of benzene rings is 2. The molecule has 0 amide bonds. The summed E-state index contributed by atoms with van der Waals surface area (Å²) in [6, 6.07) is 19.1. The van der Waals surface area contributed by atoms with Gasteiger partial charge in [-0.05, 0) is 5.56 Å². The fourth-order valence-corrected chi connectivity index (χ4v) is 1.31. The van der Waals surface area contributed by atoms with Crippen molar-refractivity contribution < 1.29 is 21.7 Å². The largest absolute Gasteiger partial charge is 2.00 e. The molecule has 0 bridgehead atoms. The molecule has 0 N–H and O–H groups in total. The van der Waals surface area contributed by atoms with E-state index < -0.39 is 0 Å². The quantitative estimate of drug-likeness (QED) is 0.573. The van der Waals surface area contributed by atoms with Gasteiger partial charge in [0.25, 0.3) is 0 Å². The molecule has 2 aromatic carbocycles. The molecular formula is C14H13BrMgO. The van der Waals surface area contributed by atoms with E-state index in [1.165, 1.54) is 11.1 Å². The smallest absolute Gasteiger partial charge is 1.00 e. The molecule has 17 heavy (non-hydrogen) atoms. The fourth-order valence-electron chi connectivity index (χ4n) is 1.31. The first-order valence-corrected chi connectivity index (χ1v) is 5.00. The van der Waals surface area contributed by atoms with E-state index >= 15 is 0 Å². The van der Waals surface area contributed by atoms with E-state index in [9.17, 15) is 0 Å². The zero-order valence-electron chi connectivity index (χ0n) is 9.82. The molecule has 0 heterocycles. The predicted molar refractivity (Wildman–Crippen MR) is 66.5 cm³/mol. The zero-order valence-corrected chi connectivity index (χ0v) is 12.8. The number of hydrogen-bond acceptors (Lipinski definition) is 1. The Morgan fingerprint density at radius 3 is 2.35 bits per heavy atom. The Balaban J connectivity index is 0.00000128. The summed E-state index contributed by atoms with van der Waals surface area (Å²) in [6.45, 7) is 2.64. The van der Waals surface area contributed by atoms with Crippen molar-refractivity contribution in [1.82, 2.24) is 0 Å². The minimum absolute atomic E-state index is 0. The van der Waals surface area contributed by atoms with Gasteiger partial charge in [-0.2, -0.15) is 17.7 Å². The van der Waals surface area contributed by atoms with E-state index in [1.807, 2.05) is 55.5 Å². The Kier molecular flexibility index (Phi) is 8.30. The molecule has 0 unspecified atom stereocenters. The van der Waals surface area contributed by atoms with Crippen LogP contribution in [0.3, 0.4) is 0 Å². The van der Waals surface area contributed by atoms with Gasteiger partial charge in [-0.3, -0.25) is 0 Å². The van der Waals surface area contributed by atoms with Gasteiger partial charge in [-0.15, -0.1) is 12.1 Å². The Morgan fingerprint density at radius 1 is 1.06 bits per heavy atom. The summed E-state index contributed by atoms with van der Waals surface area (Å²) in [5, 5.41) is 0. The van der Waals surface area contributed by atoms with Gasteiger partial charge in [0.2, 0.25) is 0 Å². The van der Waals surface area contributed by atoms with Crippen LogP contribution in [-0.2, 0) is 6.61 Å². The molecular weight excluding hydrogens is 288 g/mol. The molecule has 3 heteroatoms. The minimum atomic E-state index is 0. The molecule has 0 saturated carbocycles. The summed E-state index contributed by atoms with van der Waals surface area (Å²) >= 11 is 0. The molecule has 0 fully saturated rings. The van der Waals surface area contributed by atoms with E-state index in [4.69, 9.17) is 4.74 Å². The Labute approximate surface area is 129 Å². The molecule has 84 valence electrons. The average molecular weight is 301 g/mol. The van der Waals surface area contributed by atoms with Crippen LogP contribution < -0.4 is 21.7 Å². The predicted octanol–water partition coefficient (Wildman–Crippen LogP) is -0.00259. The van der Waals surface area contributed by atoms with Crippen molar-refractivity contribution in [1.29, 1.82) is 0 Å². The molecule has 0 aromatic heterocycles. The van der Waals surface area contributed by atoms with Crippen LogP contribution in [0.1, 0.15) is 11.1 Å². The zero-order chi connectivity index (χ0) is 10.5. The molecule has 0 saturated heterocycles. The third kappa shape index (κ3) is 5.57. The van der Waals surface area contributed by atoms with Crippen molar-refractivity contribution in [3.05, 3.63) is 65.7 Å². The fraction of sp³-hybridized carbons (Fsp3) is 0.143. The van der Waals surface area contributed by atoms with E-state index in [1.54, 1.807) is 0 Å². The number of hydrogen-bond donors (Lipinski definition) is 0. The van der Waals surface area contributed by atoms with Crippen LogP contribution in [0.4, 0.5) is 0 Å². The van der Waals surface area contributed by atoms with Gasteiger partial charge in [0.05, 0.1) is 0 Å². The van der Waals surface area contributed by atoms with E-state index in [2.05, 4.69) is 6.07 Å². The van der Waals surface area contributed by atoms with Crippen LogP contribution in [0.25, 0.3) is 0 Å². The molecule has 0 aliphatic rings. The summed E-state index contributed by atoms with van der Waals surface area (Å²) in [5.41, 5.74) is 2.37. The molecule has 2 rings (SSSR count).